The smallest absolute Gasteiger partial charge is 0.333 e. The Bertz CT molecular complexity index is 1700. The Labute approximate surface area is 239 Å². The number of hydrogen-bond donors (Lipinski definition) is 4. The molecule has 0 radical (unpaired) electrons. The van der Waals surface area contributed by atoms with Crippen LogP contribution in [-0.2, 0) is 14.8 Å². The molecule has 2 amide bonds. The number of pyridine rings is 1. The molecule has 40 heavy (non-hydrogen) atoms. The van der Waals surface area contributed by atoms with Gasteiger partial charge in [0.05, 0.1) is 23.2 Å². The van der Waals surface area contributed by atoms with E-state index in [9.17, 15) is 23.1 Å². The lowest BCUT2D eigenvalue weighted by atomic mass is 10.1. The number of sulfonamides is 1. The summed E-state index contributed by atoms with van der Waals surface area (Å²) in [5, 5.41) is 17.8. The van der Waals surface area contributed by atoms with Crippen LogP contribution in [-0.4, -0.2) is 68.4 Å². The topological polar surface area (TPSA) is 142 Å². The van der Waals surface area contributed by atoms with E-state index in [2.05, 4.69) is 15.5 Å². The third kappa shape index (κ3) is 6.40. The van der Waals surface area contributed by atoms with Gasteiger partial charge in [-0.1, -0.05) is 11.6 Å². The van der Waals surface area contributed by atoms with E-state index in [1.165, 1.54) is 42.5 Å². The molecule has 0 saturated carbocycles. The van der Waals surface area contributed by atoms with E-state index in [1.54, 1.807) is 6.07 Å². The molecule has 4 aromatic rings. The molecule has 3 heterocycles. The fraction of sp³-hybridized carbons (Fsp3) is 0.231. The Hall–Kier alpha value is -3.62. The van der Waals surface area contributed by atoms with Gasteiger partial charge in [0.15, 0.2) is 0 Å². The zero-order valence-corrected chi connectivity index (χ0v) is 23.5. The van der Waals surface area contributed by atoms with Crippen LogP contribution in [0.1, 0.15) is 0 Å². The summed E-state index contributed by atoms with van der Waals surface area (Å²) >= 11 is 6.60. The Balaban J connectivity index is 1.26. The molecule has 4 N–H and O–H groups in total. The summed E-state index contributed by atoms with van der Waals surface area (Å²) in [6.45, 7) is 4.91. The lowest BCUT2D eigenvalue weighted by Crippen LogP contribution is -2.38. The van der Waals surface area contributed by atoms with E-state index < -0.39 is 21.6 Å². The molecule has 1 aliphatic heterocycles. The third-order valence-corrected chi connectivity index (χ3v) is 9.34. The highest BCUT2D eigenvalue weighted by molar-refractivity contribution is 7.92. The summed E-state index contributed by atoms with van der Waals surface area (Å²) in [5.41, 5.74) is 1.05. The third-order valence-electron chi connectivity index (χ3n) is 6.29. The number of thiophene rings is 1. The van der Waals surface area contributed by atoms with E-state index in [0.717, 1.165) is 61.0 Å². The summed E-state index contributed by atoms with van der Waals surface area (Å²) < 4.78 is 33.2. The van der Waals surface area contributed by atoms with Crippen LogP contribution in [0.25, 0.3) is 16.5 Å². The molecule has 11 nitrogen and oxygen atoms in total. The Morgan fingerprint density at radius 1 is 1.02 bits per heavy atom. The number of aromatic nitrogens is 1. The molecule has 2 aromatic heterocycles. The number of amides is 2. The molecule has 210 valence electrons. The maximum absolute atomic E-state index is 13.0. The first-order valence-electron chi connectivity index (χ1n) is 12.3. The summed E-state index contributed by atoms with van der Waals surface area (Å²) in [7, 11) is -4.07. The highest BCUT2D eigenvalue weighted by Crippen LogP contribution is 2.28. The van der Waals surface area contributed by atoms with Crippen molar-refractivity contribution in [2.24, 2.45) is 0 Å². The molecule has 0 atom stereocenters. The molecule has 5 rings (SSSR count). The number of aromatic hydroxyl groups is 1. The number of morpholine rings is 1. The average molecular weight is 604 g/mol. The minimum absolute atomic E-state index is 0.0926. The summed E-state index contributed by atoms with van der Waals surface area (Å²) in [6.07, 6.45) is 0. The summed E-state index contributed by atoms with van der Waals surface area (Å²) in [4.78, 5) is 27.5. The van der Waals surface area contributed by atoms with Crippen LogP contribution in [0.15, 0.2) is 69.7 Å². The van der Waals surface area contributed by atoms with Crippen LogP contribution in [0.4, 0.5) is 16.2 Å². The monoisotopic (exact) mass is 603 g/mol. The number of benzene rings is 2. The maximum Gasteiger partial charge on any atom is 0.333 e. The molecular formula is C26H26ClN5O6S2. The van der Waals surface area contributed by atoms with Gasteiger partial charge in [-0.15, -0.1) is 11.3 Å². The van der Waals surface area contributed by atoms with Gasteiger partial charge in [0.1, 0.15) is 4.21 Å². The fourth-order valence-corrected chi connectivity index (χ4v) is 6.71. The molecular weight excluding hydrogens is 578 g/mol. The van der Waals surface area contributed by atoms with Crippen LogP contribution in [0, 0.1) is 0 Å². The number of nitrogens with zero attached hydrogens (tertiary/aromatic N) is 2. The highest BCUT2D eigenvalue weighted by atomic mass is 35.5. The standard InChI is InChI=1S/C26H26ClN5O6S2/c27-22-7-8-24(39-22)40(36,37)30-26(35)29-18-1-4-20(5-2-18)32-23(33)16-17-15-19(3-6-21(17)25(32)34)28-9-10-31-11-13-38-14-12-31/h1-8,15-16,28,34H,9-14H2,(H2,29,30,35). The number of fused-ring (bicyclic) bond motifs is 1. The average Bonchev–Trinajstić information content (AvgIpc) is 3.37. The van der Waals surface area contributed by atoms with Gasteiger partial charge in [0, 0.05) is 49.0 Å². The van der Waals surface area contributed by atoms with Crippen molar-refractivity contribution in [3.05, 3.63) is 75.4 Å². The number of hydrogen-bond acceptors (Lipinski definition) is 9. The highest BCUT2D eigenvalue weighted by Gasteiger charge is 2.20. The van der Waals surface area contributed by atoms with Crippen LogP contribution < -0.4 is 20.9 Å². The fourth-order valence-electron chi connectivity index (χ4n) is 4.32. The molecule has 0 unspecified atom stereocenters. The lowest BCUT2D eigenvalue weighted by molar-refractivity contribution is 0.0398. The zero-order chi connectivity index (χ0) is 28.3. The second-order valence-electron chi connectivity index (χ2n) is 8.99. The van der Waals surface area contributed by atoms with Crippen LogP contribution in [0.5, 0.6) is 5.88 Å². The van der Waals surface area contributed by atoms with Crippen LogP contribution in [0.3, 0.4) is 0 Å². The number of anilines is 2. The number of halogens is 1. The van der Waals surface area contributed by atoms with Gasteiger partial charge in [0.25, 0.3) is 15.6 Å². The normalized spacial score (nSPS) is 14.2. The molecule has 0 spiro atoms. The van der Waals surface area contributed by atoms with Gasteiger partial charge in [-0.2, -0.15) is 0 Å². The minimum atomic E-state index is -4.07. The first-order valence-corrected chi connectivity index (χ1v) is 15.0. The maximum atomic E-state index is 13.0. The molecule has 1 aliphatic rings. The molecule has 0 aliphatic carbocycles. The van der Waals surface area contributed by atoms with Crippen molar-refractivity contribution in [2.45, 2.75) is 4.21 Å². The van der Waals surface area contributed by atoms with Crippen molar-refractivity contribution in [1.82, 2.24) is 14.2 Å². The summed E-state index contributed by atoms with van der Waals surface area (Å²) in [6, 6.07) is 14.7. The number of carbonyl (C=O) groups is 1. The van der Waals surface area contributed by atoms with Gasteiger partial charge < -0.3 is 20.5 Å². The van der Waals surface area contributed by atoms with E-state index >= 15 is 0 Å². The molecule has 0 bridgehead atoms. The number of nitrogens with one attached hydrogen (secondary N) is 3. The van der Waals surface area contributed by atoms with Crippen molar-refractivity contribution in [2.75, 3.05) is 50.0 Å². The van der Waals surface area contributed by atoms with Crippen molar-refractivity contribution in [3.8, 4) is 11.6 Å². The Kier molecular flexibility index (Phi) is 8.28. The van der Waals surface area contributed by atoms with Gasteiger partial charge >= 0.3 is 6.03 Å². The second kappa shape index (κ2) is 11.9. The van der Waals surface area contributed by atoms with Gasteiger partial charge in [-0.3, -0.25) is 9.69 Å². The number of rotatable bonds is 8. The van der Waals surface area contributed by atoms with Gasteiger partial charge in [-0.05, 0) is 60.0 Å². The number of urea groups is 1. The number of carbonyl (C=O) groups excluding carboxylic acids is 1. The molecule has 1 saturated heterocycles. The van der Waals surface area contributed by atoms with Crippen molar-refractivity contribution >= 4 is 61.1 Å². The molecule has 1 fully saturated rings. The van der Waals surface area contributed by atoms with Crippen molar-refractivity contribution < 1.29 is 23.1 Å². The first-order chi connectivity index (χ1) is 19.2. The predicted molar refractivity (Wildman–Crippen MR) is 156 cm³/mol. The Morgan fingerprint density at radius 2 is 1.75 bits per heavy atom. The summed E-state index contributed by atoms with van der Waals surface area (Å²) in [5.74, 6) is -0.221. The van der Waals surface area contributed by atoms with E-state index in [0.29, 0.717) is 16.5 Å². The van der Waals surface area contributed by atoms with E-state index in [1.807, 2.05) is 16.9 Å². The van der Waals surface area contributed by atoms with Crippen molar-refractivity contribution in [1.29, 1.82) is 0 Å². The predicted octanol–water partition coefficient (Wildman–Crippen LogP) is 3.67. The zero-order valence-electron chi connectivity index (χ0n) is 21.1. The number of ether oxygens (including phenoxy) is 1. The largest absolute Gasteiger partial charge is 0.494 e. The molecule has 14 heteroatoms. The van der Waals surface area contributed by atoms with Crippen LogP contribution in [0.2, 0.25) is 4.34 Å². The van der Waals surface area contributed by atoms with Crippen molar-refractivity contribution in [3.63, 3.8) is 0 Å². The first kappa shape index (κ1) is 27.9. The van der Waals surface area contributed by atoms with E-state index in [-0.39, 0.29) is 20.1 Å². The minimum Gasteiger partial charge on any atom is -0.494 e. The van der Waals surface area contributed by atoms with Crippen LogP contribution >= 0.6 is 22.9 Å². The second-order valence-corrected chi connectivity index (χ2v) is 12.6. The van der Waals surface area contributed by atoms with Gasteiger partial charge in [0.2, 0.25) is 5.88 Å². The SMILES string of the molecule is O=C(Nc1ccc(-n2c(O)c3ccc(NCCN4CCOCC4)cc3cc2=O)cc1)NS(=O)(=O)c1ccc(Cl)s1. The Morgan fingerprint density at radius 3 is 2.45 bits per heavy atom. The quantitative estimate of drug-likeness (QED) is 0.239. The van der Waals surface area contributed by atoms with E-state index in [4.69, 9.17) is 16.3 Å². The lowest BCUT2D eigenvalue weighted by Gasteiger charge is -2.26. The van der Waals surface area contributed by atoms with Gasteiger partial charge in [-0.25, -0.2) is 22.5 Å². The molecule has 2 aromatic carbocycles.